The third-order valence-corrected chi connectivity index (χ3v) is 4.64. The molecule has 1 N–H and O–H groups in total. The Balaban J connectivity index is 2.93. The Hall–Kier alpha value is -0.240. The standard InChI is InChI=1S/C16H25Cl2N/c1-5-16(6-2,11-19-10-12(3)4)13-7-8-14(17)15(18)9-13/h7-9,12,19H,5-6,10-11H2,1-4H3. The molecule has 0 unspecified atom stereocenters. The van der Waals surface area contributed by atoms with Gasteiger partial charge in [-0.25, -0.2) is 0 Å². The van der Waals surface area contributed by atoms with Gasteiger partial charge >= 0.3 is 0 Å². The quantitative estimate of drug-likeness (QED) is 0.721. The minimum atomic E-state index is 0.142. The van der Waals surface area contributed by atoms with Gasteiger partial charge in [0.05, 0.1) is 10.0 Å². The SMILES string of the molecule is CCC(CC)(CNCC(C)C)c1ccc(Cl)c(Cl)c1. The van der Waals surface area contributed by atoms with Crippen LogP contribution in [0.5, 0.6) is 0 Å². The van der Waals surface area contributed by atoms with Gasteiger partial charge in [-0.15, -0.1) is 0 Å². The molecule has 0 atom stereocenters. The van der Waals surface area contributed by atoms with Crippen LogP contribution >= 0.6 is 23.2 Å². The van der Waals surface area contributed by atoms with E-state index in [-0.39, 0.29) is 5.41 Å². The molecule has 1 aromatic carbocycles. The van der Waals surface area contributed by atoms with E-state index in [1.807, 2.05) is 12.1 Å². The second-order valence-electron chi connectivity index (χ2n) is 5.64. The van der Waals surface area contributed by atoms with E-state index in [1.165, 1.54) is 5.56 Å². The molecule has 1 rings (SSSR count). The molecule has 1 aromatic rings. The highest BCUT2D eigenvalue weighted by atomic mass is 35.5. The number of halogens is 2. The number of benzene rings is 1. The van der Waals surface area contributed by atoms with Gasteiger partial charge < -0.3 is 5.32 Å². The first kappa shape index (κ1) is 16.8. The van der Waals surface area contributed by atoms with Crippen LogP contribution in [-0.4, -0.2) is 13.1 Å². The number of nitrogens with one attached hydrogen (secondary N) is 1. The molecule has 0 heterocycles. The molecule has 0 amide bonds. The third kappa shape index (κ3) is 4.37. The molecule has 0 aliphatic heterocycles. The lowest BCUT2D eigenvalue weighted by Crippen LogP contribution is -2.38. The van der Waals surface area contributed by atoms with Crippen molar-refractivity contribution in [1.82, 2.24) is 5.32 Å². The summed E-state index contributed by atoms with van der Waals surface area (Å²) in [5, 5.41) is 4.86. The largest absolute Gasteiger partial charge is 0.316 e. The van der Waals surface area contributed by atoms with Crippen LogP contribution in [0.2, 0.25) is 10.0 Å². The predicted molar refractivity (Wildman–Crippen MR) is 86.4 cm³/mol. The van der Waals surface area contributed by atoms with Crippen LogP contribution in [0.4, 0.5) is 0 Å². The van der Waals surface area contributed by atoms with Gasteiger partial charge in [0.25, 0.3) is 0 Å². The summed E-state index contributed by atoms with van der Waals surface area (Å²) in [6.45, 7) is 11.0. The van der Waals surface area contributed by atoms with Crippen LogP contribution < -0.4 is 5.32 Å². The van der Waals surface area contributed by atoms with Gasteiger partial charge in [0.15, 0.2) is 0 Å². The molecule has 3 heteroatoms. The lowest BCUT2D eigenvalue weighted by Gasteiger charge is -2.33. The predicted octanol–water partition coefficient (Wildman–Crippen LogP) is 5.30. The van der Waals surface area contributed by atoms with Gasteiger partial charge in [-0.1, -0.05) is 57.0 Å². The van der Waals surface area contributed by atoms with Gasteiger partial charge in [-0.05, 0) is 43.0 Å². The van der Waals surface area contributed by atoms with Crippen LogP contribution in [0.3, 0.4) is 0 Å². The second-order valence-corrected chi connectivity index (χ2v) is 6.46. The minimum absolute atomic E-state index is 0.142. The fraction of sp³-hybridized carbons (Fsp3) is 0.625. The molecule has 0 radical (unpaired) electrons. The molecule has 0 aromatic heterocycles. The molecule has 108 valence electrons. The van der Waals surface area contributed by atoms with E-state index in [1.54, 1.807) is 0 Å². The smallest absolute Gasteiger partial charge is 0.0595 e. The number of hydrogen-bond donors (Lipinski definition) is 1. The van der Waals surface area contributed by atoms with E-state index in [9.17, 15) is 0 Å². The van der Waals surface area contributed by atoms with Crippen molar-refractivity contribution >= 4 is 23.2 Å². The molecule has 0 saturated heterocycles. The summed E-state index contributed by atoms with van der Waals surface area (Å²) >= 11 is 12.2. The van der Waals surface area contributed by atoms with Crippen molar-refractivity contribution in [3.05, 3.63) is 33.8 Å². The van der Waals surface area contributed by atoms with E-state index in [0.29, 0.717) is 16.0 Å². The van der Waals surface area contributed by atoms with E-state index in [2.05, 4.69) is 39.1 Å². The average Bonchev–Trinajstić information content (AvgIpc) is 2.38. The Morgan fingerprint density at radius 1 is 1.11 bits per heavy atom. The Kier molecular flexibility index (Phi) is 6.65. The van der Waals surface area contributed by atoms with Crippen molar-refractivity contribution in [3.63, 3.8) is 0 Å². The monoisotopic (exact) mass is 301 g/mol. The summed E-state index contributed by atoms with van der Waals surface area (Å²) in [5.74, 6) is 0.667. The maximum atomic E-state index is 6.17. The molecule has 0 fully saturated rings. The average molecular weight is 302 g/mol. The lowest BCUT2D eigenvalue weighted by atomic mass is 9.75. The summed E-state index contributed by atoms with van der Waals surface area (Å²) in [7, 11) is 0. The first-order chi connectivity index (χ1) is 8.95. The van der Waals surface area contributed by atoms with Crippen LogP contribution in [0.1, 0.15) is 46.1 Å². The molecule has 19 heavy (non-hydrogen) atoms. The molecular formula is C16H25Cl2N. The highest BCUT2D eigenvalue weighted by molar-refractivity contribution is 6.42. The Labute approximate surface area is 127 Å². The summed E-state index contributed by atoms with van der Waals surface area (Å²) in [6.07, 6.45) is 2.18. The molecular weight excluding hydrogens is 277 g/mol. The molecule has 0 bridgehead atoms. The van der Waals surface area contributed by atoms with Crippen molar-refractivity contribution in [1.29, 1.82) is 0 Å². The van der Waals surface area contributed by atoms with Crippen molar-refractivity contribution in [3.8, 4) is 0 Å². The summed E-state index contributed by atoms with van der Waals surface area (Å²) in [5.41, 5.74) is 1.42. The molecule has 1 nitrogen and oxygen atoms in total. The minimum Gasteiger partial charge on any atom is -0.316 e. The Morgan fingerprint density at radius 2 is 1.74 bits per heavy atom. The van der Waals surface area contributed by atoms with Crippen LogP contribution in [0, 0.1) is 5.92 Å². The zero-order valence-electron chi connectivity index (χ0n) is 12.4. The molecule has 0 saturated carbocycles. The fourth-order valence-corrected chi connectivity index (χ4v) is 2.73. The number of hydrogen-bond acceptors (Lipinski definition) is 1. The zero-order chi connectivity index (χ0) is 14.5. The maximum Gasteiger partial charge on any atom is 0.0595 e. The van der Waals surface area contributed by atoms with E-state index >= 15 is 0 Å². The van der Waals surface area contributed by atoms with Crippen LogP contribution in [0.15, 0.2) is 18.2 Å². The van der Waals surface area contributed by atoms with Crippen LogP contribution in [-0.2, 0) is 5.41 Å². The van der Waals surface area contributed by atoms with Gasteiger partial charge in [-0.3, -0.25) is 0 Å². The fourth-order valence-electron chi connectivity index (χ4n) is 2.44. The summed E-state index contributed by atoms with van der Waals surface area (Å²) < 4.78 is 0. The molecule has 0 spiro atoms. The topological polar surface area (TPSA) is 12.0 Å². The Bertz CT molecular complexity index is 398. The maximum absolute atomic E-state index is 6.17. The van der Waals surface area contributed by atoms with Gasteiger partial charge in [0.2, 0.25) is 0 Å². The highest BCUT2D eigenvalue weighted by Crippen LogP contribution is 2.34. The van der Waals surface area contributed by atoms with Gasteiger partial charge in [-0.2, -0.15) is 0 Å². The lowest BCUT2D eigenvalue weighted by molar-refractivity contribution is 0.359. The van der Waals surface area contributed by atoms with Crippen LogP contribution in [0.25, 0.3) is 0 Å². The molecule has 0 aliphatic rings. The third-order valence-electron chi connectivity index (χ3n) is 3.90. The second kappa shape index (κ2) is 7.52. The van der Waals surface area contributed by atoms with E-state index in [0.717, 1.165) is 25.9 Å². The van der Waals surface area contributed by atoms with Crippen molar-refractivity contribution in [2.45, 2.75) is 46.0 Å². The first-order valence-electron chi connectivity index (χ1n) is 7.11. The Morgan fingerprint density at radius 3 is 2.21 bits per heavy atom. The van der Waals surface area contributed by atoms with Crippen molar-refractivity contribution < 1.29 is 0 Å². The van der Waals surface area contributed by atoms with E-state index in [4.69, 9.17) is 23.2 Å². The summed E-state index contributed by atoms with van der Waals surface area (Å²) in [6, 6.07) is 6.04. The normalized spacial score (nSPS) is 12.2. The highest BCUT2D eigenvalue weighted by Gasteiger charge is 2.28. The van der Waals surface area contributed by atoms with Crippen molar-refractivity contribution in [2.24, 2.45) is 5.92 Å². The summed E-state index contributed by atoms with van der Waals surface area (Å²) in [4.78, 5) is 0. The first-order valence-corrected chi connectivity index (χ1v) is 7.87. The van der Waals surface area contributed by atoms with Gasteiger partial charge in [0.1, 0.15) is 0 Å². The van der Waals surface area contributed by atoms with Crippen molar-refractivity contribution in [2.75, 3.05) is 13.1 Å². The van der Waals surface area contributed by atoms with E-state index < -0.39 is 0 Å². The zero-order valence-corrected chi connectivity index (χ0v) is 13.9. The van der Waals surface area contributed by atoms with Gasteiger partial charge in [0, 0.05) is 12.0 Å². The number of rotatable bonds is 7. The molecule has 0 aliphatic carbocycles.